The summed E-state index contributed by atoms with van der Waals surface area (Å²) in [5.74, 6) is 1.16. The fraction of sp³-hybridized carbons (Fsp3) is 0.333. The van der Waals surface area contributed by atoms with Crippen LogP contribution in [0.2, 0.25) is 0 Å². The maximum absolute atomic E-state index is 12.1. The average molecular weight is 400 g/mol. The molecule has 3 aromatic rings. The molecule has 3 atom stereocenters. The zero-order valence-corrected chi connectivity index (χ0v) is 17.4. The van der Waals surface area contributed by atoms with E-state index in [4.69, 9.17) is 4.74 Å². The number of ether oxygens (including phenoxy) is 1. The first-order valence-corrected chi connectivity index (χ1v) is 10.9. The van der Waals surface area contributed by atoms with Crippen molar-refractivity contribution in [3.63, 3.8) is 0 Å². The molecule has 0 amide bonds. The SMILES string of the molecule is COc1ccccc1C1(O)CCC(c2ccccc2)(c2ccccc2)C2CNCC21. The van der Waals surface area contributed by atoms with E-state index in [1.54, 1.807) is 7.11 Å². The van der Waals surface area contributed by atoms with Gasteiger partial charge in [0.25, 0.3) is 0 Å². The predicted octanol–water partition coefficient (Wildman–Crippen LogP) is 4.50. The van der Waals surface area contributed by atoms with E-state index in [0.717, 1.165) is 30.8 Å². The van der Waals surface area contributed by atoms with Gasteiger partial charge in [0.05, 0.1) is 12.7 Å². The smallest absolute Gasteiger partial charge is 0.124 e. The molecule has 3 aromatic carbocycles. The summed E-state index contributed by atoms with van der Waals surface area (Å²) in [5.41, 5.74) is 2.58. The van der Waals surface area contributed by atoms with Gasteiger partial charge < -0.3 is 15.2 Å². The van der Waals surface area contributed by atoms with Crippen molar-refractivity contribution in [3.05, 3.63) is 102 Å². The Balaban J connectivity index is 1.67. The van der Waals surface area contributed by atoms with E-state index < -0.39 is 5.60 Å². The van der Waals surface area contributed by atoms with Crippen LogP contribution in [0.5, 0.6) is 5.75 Å². The third-order valence-electron chi connectivity index (χ3n) is 7.51. The second-order valence-corrected chi connectivity index (χ2v) is 8.70. The fourth-order valence-electron chi connectivity index (χ4n) is 6.15. The second-order valence-electron chi connectivity index (χ2n) is 8.70. The highest BCUT2D eigenvalue weighted by atomic mass is 16.5. The molecule has 154 valence electrons. The molecule has 3 unspecified atom stereocenters. The molecule has 3 nitrogen and oxygen atoms in total. The van der Waals surface area contributed by atoms with Crippen LogP contribution in [0.25, 0.3) is 0 Å². The van der Waals surface area contributed by atoms with Crippen LogP contribution in [0, 0.1) is 11.8 Å². The quantitative estimate of drug-likeness (QED) is 0.679. The Kier molecular flexibility index (Phi) is 4.88. The van der Waals surface area contributed by atoms with Gasteiger partial charge in [-0.3, -0.25) is 0 Å². The van der Waals surface area contributed by atoms with Crippen molar-refractivity contribution in [1.29, 1.82) is 0 Å². The van der Waals surface area contributed by atoms with Crippen LogP contribution in [0.1, 0.15) is 29.5 Å². The van der Waals surface area contributed by atoms with E-state index in [1.807, 2.05) is 24.3 Å². The van der Waals surface area contributed by atoms with Crippen molar-refractivity contribution in [3.8, 4) is 5.75 Å². The van der Waals surface area contributed by atoms with Crippen LogP contribution < -0.4 is 10.1 Å². The Bertz CT molecular complexity index is 964. The topological polar surface area (TPSA) is 41.5 Å². The molecule has 2 fully saturated rings. The molecule has 1 saturated heterocycles. The van der Waals surface area contributed by atoms with Crippen molar-refractivity contribution in [1.82, 2.24) is 5.32 Å². The average Bonchev–Trinajstić information content (AvgIpc) is 3.33. The van der Waals surface area contributed by atoms with Crippen molar-refractivity contribution in [2.75, 3.05) is 20.2 Å². The van der Waals surface area contributed by atoms with Gasteiger partial charge in [0, 0.05) is 23.4 Å². The van der Waals surface area contributed by atoms with E-state index in [9.17, 15) is 5.11 Å². The Labute approximate surface area is 178 Å². The number of benzene rings is 3. The number of para-hydroxylation sites is 1. The number of aliphatic hydroxyl groups is 1. The lowest BCUT2D eigenvalue weighted by Gasteiger charge is -2.53. The summed E-state index contributed by atoms with van der Waals surface area (Å²) in [7, 11) is 1.69. The molecule has 3 heteroatoms. The van der Waals surface area contributed by atoms with E-state index >= 15 is 0 Å². The molecule has 1 aliphatic heterocycles. The Morgan fingerprint density at radius 2 is 1.33 bits per heavy atom. The van der Waals surface area contributed by atoms with E-state index in [0.29, 0.717) is 6.42 Å². The zero-order chi connectivity index (χ0) is 20.6. The minimum absolute atomic E-state index is 0.1000. The first-order valence-electron chi connectivity index (χ1n) is 10.9. The molecule has 1 aliphatic carbocycles. The number of fused-ring (bicyclic) bond motifs is 1. The third kappa shape index (κ3) is 2.80. The fourth-order valence-corrected chi connectivity index (χ4v) is 6.15. The molecule has 0 radical (unpaired) electrons. The van der Waals surface area contributed by atoms with Gasteiger partial charge in [-0.1, -0.05) is 78.9 Å². The summed E-state index contributed by atoms with van der Waals surface area (Å²) < 4.78 is 5.65. The molecular weight excluding hydrogens is 370 g/mol. The van der Waals surface area contributed by atoms with E-state index in [1.165, 1.54) is 11.1 Å². The maximum Gasteiger partial charge on any atom is 0.124 e. The summed E-state index contributed by atoms with van der Waals surface area (Å²) in [5, 5.41) is 15.8. The number of rotatable bonds is 4. The molecule has 0 aromatic heterocycles. The van der Waals surface area contributed by atoms with Gasteiger partial charge in [0.1, 0.15) is 5.75 Å². The standard InChI is InChI=1S/C27H29NO2/c1-30-25-15-9-8-14-22(25)27(29)17-16-26(20-10-4-2-5-11-20,21-12-6-3-7-13-21)23-18-28-19-24(23)27/h2-15,23-24,28-29H,16-19H2,1H3. The number of nitrogens with one attached hydrogen (secondary N) is 1. The van der Waals surface area contributed by atoms with E-state index in [-0.39, 0.29) is 17.3 Å². The van der Waals surface area contributed by atoms with Crippen molar-refractivity contribution in [2.24, 2.45) is 11.8 Å². The summed E-state index contributed by atoms with van der Waals surface area (Å²) >= 11 is 0. The number of hydrogen-bond donors (Lipinski definition) is 2. The maximum atomic E-state index is 12.1. The highest BCUT2D eigenvalue weighted by molar-refractivity contribution is 5.46. The van der Waals surface area contributed by atoms with Gasteiger partial charge in [-0.05, 0) is 42.5 Å². The van der Waals surface area contributed by atoms with Crippen LogP contribution in [0.4, 0.5) is 0 Å². The summed E-state index contributed by atoms with van der Waals surface area (Å²) in [6, 6.07) is 29.7. The zero-order valence-electron chi connectivity index (χ0n) is 17.4. The van der Waals surface area contributed by atoms with Crippen LogP contribution in [-0.2, 0) is 11.0 Å². The van der Waals surface area contributed by atoms with E-state index in [2.05, 4.69) is 66.0 Å². The van der Waals surface area contributed by atoms with Gasteiger partial charge in [0.2, 0.25) is 0 Å². The van der Waals surface area contributed by atoms with Crippen LogP contribution in [0.3, 0.4) is 0 Å². The highest BCUT2D eigenvalue weighted by Crippen LogP contribution is 2.58. The normalized spacial score (nSPS) is 27.4. The summed E-state index contributed by atoms with van der Waals surface area (Å²) in [6.07, 6.45) is 1.58. The van der Waals surface area contributed by atoms with Gasteiger partial charge in [0.15, 0.2) is 0 Å². The first kappa shape index (κ1) is 19.3. The van der Waals surface area contributed by atoms with Crippen LogP contribution >= 0.6 is 0 Å². The molecule has 5 rings (SSSR count). The third-order valence-corrected chi connectivity index (χ3v) is 7.51. The summed E-state index contributed by atoms with van der Waals surface area (Å²) in [6.45, 7) is 1.70. The molecule has 0 bridgehead atoms. The number of hydrogen-bond acceptors (Lipinski definition) is 3. The lowest BCUT2D eigenvalue weighted by molar-refractivity contribution is -0.0845. The van der Waals surface area contributed by atoms with Crippen molar-refractivity contribution in [2.45, 2.75) is 23.9 Å². The monoisotopic (exact) mass is 399 g/mol. The largest absolute Gasteiger partial charge is 0.496 e. The first-order chi connectivity index (χ1) is 14.7. The van der Waals surface area contributed by atoms with Gasteiger partial charge >= 0.3 is 0 Å². The molecule has 1 saturated carbocycles. The van der Waals surface area contributed by atoms with Crippen LogP contribution in [0.15, 0.2) is 84.9 Å². The molecule has 0 spiro atoms. The highest BCUT2D eigenvalue weighted by Gasteiger charge is 2.59. The van der Waals surface area contributed by atoms with Crippen LogP contribution in [-0.4, -0.2) is 25.3 Å². The minimum atomic E-state index is -0.909. The molecule has 1 heterocycles. The predicted molar refractivity (Wildman–Crippen MR) is 120 cm³/mol. The Morgan fingerprint density at radius 1 is 0.767 bits per heavy atom. The van der Waals surface area contributed by atoms with Gasteiger partial charge in [-0.2, -0.15) is 0 Å². The number of methoxy groups -OCH3 is 1. The van der Waals surface area contributed by atoms with Gasteiger partial charge in [-0.25, -0.2) is 0 Å². The lowest BCUT2D eigenvalue weighted by atomic mass is 9.52. The minimum Gasteiger partial charge on any atom is -0.496 e. The van der Waals surface area contributed by atoms with Crippen molar-refractivity contribution < 1.29 is 9.84 Å². The Morgan fingerprint density at radius 3 is 1.97 bits per heavy atom. The molecule has 2 N–H and O–H groups in total. The molecular formula is C27H29NO2. The molecule has 2 aliphatic rings. The summed E-state index contributed by atoms with van der Waals surface area (Å²) in [4.78, 5) is 0. The molecule has 30 heavy (non-hydrogen) atoms. The second kappa shape index (κ2) is 7.57. The van der Waals surface area contributed by atoms with Crippen molar-refractivity contribution >= 4 is 0 Å². The van der Waals surface area contributed by atoms with Gasteiger partial charge in [-0.15, -0.1) is 0 Å². The lowest BCUT2D eigenvalue weighted by Crippen LogP contribution is -2.53. The Hall–Kier alpha value is -2.62.